The first kappa shape index (κ1) is 13.1. The van der Waals surface area contributed by atoms with Gasteiger partial charge in [0.25, 0.3) is 0 Å². The van der Waals surface area contributed by atoms with Crippen molar-refractivity contribution in [1.82, 2.24) is 0 Å². The Morgan fingerprint density at radius 3 is 2.61 bits per heavy atom. The van der Waals surface area contributed by atoms with Gasteiger partial charge in [0.05, 0.1) is 21.4 Å². The van der Waals surface area contributed by atoms with E-state index < -0.39 is 16.6 Å². The Morgan fingerprint density at radius 2 is 1.94 bits per heavy atom. The van der Waals surface area contributed by atoms with E-state index >= 15 is 0 Å². The van der Waals surface area contributed by atoms with E-state index in [1.165, 1.54) is 12.1 Å². The minimum atomic E-state index is -1.46. The van der Waals surface area contributed by atoms with Crippen LogP contribution in [0.5, 0.6) is 0 Å². The molecule has 0 heterocycles. The summed E-state index contributed by atoms with van der Waals surface area (Å²) in [6, 6.07) is 11.0. The SMILES string of the molecule is Nc1ccc(CS(=O)c2ccccc2F)c(Cl)c1. The molecule has 0 aliphatic heterocycles. The second-order valence-corrected chi connectivity index (χ2v) is 5.60. The van der Waals surface area contributed by atoms with Crippen LogP contribution in [0.2, 0.25) is 5.02 Å². The summed E-state index contributed by atoms with van der Waals surface area (Å²) < 4.78 is 25.5. The minimum Gasteiger partial charge on any atom is -0.399 e. The molecule has 1 atom stereocenters. The van der Waals surface area contributed by atoms with Gasteiger partial charge in [-0.2, -0.15) is 0 Å². The molecule has 0 bridgehead atoms. The first-order valence-corrected chi connectivity index (χ1v) is 6.94. The molecular formula is C13H11ClFNOS. The van der Waals surface area contributed by atoms with E-state index in [1.54, 1.807) is 30.3 Å². The second kappa shape index (κ2) is 5.50. The number of benzene rings is 2. The molecule has 2 rings (SSSR count). The van der Waals surface area contributed by atoms with Crippen LogP contribution in [0.15, 0.2) is 47.4 Å². The molecule has 2 N–H and O–H groups in total. The van der Waals surface area contributed by atoms with Crippen LogP contribution in [0, 0.1) is 5.82 Å². The zero-order chi connectivity index (χ0) is 13.1. The maximum Gasteiger partial charge on any atom is 0.139 e. The lowest BCUT2D eigenvalue weighted by atomic mass is 10.2. The summed E-state index contributed by atoms with van der Waals surface area (Å²) in [5.74, 6) is -0.303. The number of hydrogen-bond donors (Lipinski definition) is 1. The fourth-order valence-electron chi connectivity index (χ4n) is 1.53. The third kappa shape index (κ3) is 2.89. The lowest BCUT2D eigenvalue weighted by Gasteiger charge is -2.06. The summed E-state index contributed by atoms with van der Waals surface area (Å²) in [5.41, 5.74) is 6.80. The third-order valence-corrected chi connectivity index (χ3v) is 4.19. The Bertz CT molecular complexity index is 603. The van der Waals surface area contributed by atoms with Crippen LogP contribution in [0.25, 0.3) is 0 Å². The van der Waals surface area contributed by atoms with Crippen LogP contribution < -0.4 is 5.73 Å². The van der Waals surface area contributed by atoms with Crippen molar-refractivity contribution in [3.05, 3.63) is 58.9 Å². The van der Waals surface area contributed by atoms with Crippen molar-refractivity contribution < 1.29 is 8.60 Å². The third-order valence-electron chi connectivity index (χ3n) is 2.45. The maximum absolute atomic E-state index is 13.5. The Kier molecular flexibility index (Phi) is 3.99. The van der Waals surface area contributed by atoms with Gasteiger partial charge < -0.3 is 5.73 Å². The van der Waals surface area contributed by atoms with Crippen molar-refractivity contribution in [3.8, 4) is 0 Å². The standard InChI is InChI=1S/C13H11ClFNOS/c14-11-7-10(16)6-5-9(11)8-18(17)13-4-2-1-3-12(13)15/h1-7H,8,16H2. The van der Waals surface area contributed by atoms with Crippen LogP contribution >= 0.6 is 11.6 Å². The average molecular weight is 284 g/mol. The lowest BCUT2D eigenvalue weighted by molar-refractivity contribution is 0.595. The molecule has 0 aliphatic carbocycles. The van der Waals surface area contributed by atoms with Gasteiger partial charge in [0.2, 0.25) is 0 Å². The Morgan fingerprint density at radius 1 is 1.22 bits per heavy atom. The molecule has 0 radical (unpaired) electrons. The number of anilines is 1. The number of rotatable bonds is 3. The molecule has 2 aromatic carbocycles. The van der Waals surface area contributed by atoms with E-state index in [4.69, 9.17) is 17.3 Å². The highest BCUT2D eigenvalue weighted by molar-refractivity contribution is 7.84. The van der Waals surface area contributed by atoms with Crippen LogP contribution in [-0.4, -0.2) is 4.21 Å². The quantitative estimate of drug-likeness (QED) is 0.878. The van der Waals surface area contributed by atoms with Crippen molar-refractivity contribution >= 4 is 28.1 Å². The van der Waals surface area contributed by atoms with Gasteiger partial charge in [-0.1, -0.05) is 29.8 Å². The number of nitrogens with two attached hydrogens (primary N) is 1. The summed E-state index contributed by atoms with van der Waals surface area (Å²) in [5, 5.41) is 0.444. The molecule has 0 saturated carbocycles. The van der Waals surface area contributed by atoms with Crippen molar-refractivity contribution in [2.75, 3.05) is 5.73 Å². The van der Waals surface area contributed by atoms with Gasteiger partial charge in [-0.3, -0.25) is 4.21 Å². The molecule has 2 aromatic rings. The number of halogens is 2. The molecular weight excluding hydrogens is 273 g/mol. The van der Waals surface area contributed by atoms with Gasteiger partial charge >= 0.3 is 0 Å². The minimum absolute atomic E-state index is 0.167. The van der Waals surface area contributed by atoms with Gasteiger partial charge in [-0.05, 0) is 29.8 Å². The van der Waals surface area contributed by atoms with Crippen molar-refractivity contribution in [2.24, 2.45) is 0 Å². The fourth-order valence-corrected chi connectivity index (χ4v) is 3.07. The molecule has 2 nitrogen and oxygen atoms in total. The molecule has 18 heavy (non-hydrogen) atoms. The highest BCUT2D eigenvalue weighted by Crippen LogP contribution is 2.23. The van der Waals surface area contributed by atoms with Crippen LogP contribution in [0.3, 0.4) is 0 Å². The smallest absolute Gasteiger partial charge is 0.139 e. The average Bonchev–Trinajstić information content (AvgIpc) is 2.33. The summed E-state index contributed by atoms with van der Waals surface area (Å²) >= 11 is 5.99. The summed E-state index contributed by atoms with van der Waals surface area (Å²) in [4.78, 5) is 0.186. The Labute approximate surface area is 112 Å². The van der Waals surface area contributed by atoms with E-state index in [1.807, 2.05) is 0 Å². The van der Waals surface area contributed by atoms with E-state index in [0.717, 1.165) is 0 Å². The van der Waals surface area contributed by atoms with E-state index in [-0.39, 0.29) is 10.6 Å². The van der Waals surface area contributed by atoms with Gasteiger partial charge in [0.1, 0.15) is 5.82 Å². The highest BCUT2D eigenvalue weighted by atomic mass is 35.5. The number of nitrogen functional groups attached to an aromatic ring is 1. The van der Waals surface area contributed by atoms with E-state index in [0.29, 0.717) is 16.3 Å². The molecule has 1 unspecified atom stereocenters. The summed E-state index contributed by atoms with van der Waals surface area (Å²) in [6.45, 7) is 0. The van der Waals surface area contributed by atoms with Gasteiger partial charge in [0.15, 0.2) is 0 Å². The maximum atomic E-state index is 13.5. The molecule has 0 saturated heterocycles. The molecule has 0 fully saturated rings. The van der Waals surface area contributed by atoms with Gasteiger partial charge in [0, 0.05) is 10.7 Å². The topological polar surface area (TPSA) is 43.1 Å². The molecule has 0 aromatic heterocycles. The monoisotopic (exact) mass is 283 g/mol. The Balaban J connectivity index is 2.24. The normalized spacial score (nSPS) is 12.3. The fraction of sp³-hybridized carbons (Fsp3) is 0.0769. The predicted octanol–water partition coefficient (Wildman–Crippen LogP) is 3.37. The van der Waals surface area contributed by atoms with Crippen molar-refractivity contribution in [1.29, 1.82) is 0 Å². The highest BCUT2D eigenvalue weighted by Gasteiger charge is 2.11. The van der Waals surface area contributed by atoms with Crippen molar-refractivity contribution in [3.63, 3.8) is 0 Å². The first-order chi connectivity index (χ1) is 8.58. The van der Waals surface area contributed by atoms with Crippen LogP contribution in [0.1, 0.15) is 5.56 Å². The van der Waals surface area contributed by atoms with Gasteiger partial charge in [-0.25, -0.2) is 4.39 Å². The molecule has 0 aliphatic rings. The Hall–Kier alpha value is -1.39. The van der Waals surface area contributed by atoms with Crippen molar-refractivity contribution in [2.45, 2.75) is 10.6 Å². The largest absolute Gasteiger partial charge is 0.399 e. The molecule has 0 amide bonds. The lowest BCUT2D eigenvalue weighted by Crippen LogP contribution is -2.00. The second-order valence-electron chi connectivity index (χ2n) is 3.77. The first-order valence-electron chi connectivity index (χ1n) is 5.25. The zero-order valence-electron chi connectivity index (χ0n) is 9.40. The summed E-state index contributed by atoms with van der Waals surface area (Å²) in [7, 11) is -1.46. The van der Waals surface area contributed by atoms with Crippen LogP contribution in [0.4, 0.5) is 10.1 Å². The number of hydrogen-bond acceptors (Lipinski definition) is 2. The van der Waals surface area contributed by atoms with E-state index in [9.17, 15) is 8.60 Å². The zero-order valence-corrected chi connectivity index (χ0v) is 11.0. The molecule has 5 heteroatoms. The summed E-state index contributed by atoms with van der Waals surface area (Å²) in [6.07, 6.45) is 0. The van der Waals surface area contributed by atoms with Gasteiger partial charge in [-0.15, -0.1) is 0 Å². The molecule has 94 valence electrons. The van der Waals surface area contributed by atoms with Crippen LogP contribution in [-0.2, 0) is 16.6 Å². The van der Waals surface area contributed by atoms with E-state index in [2.05, 4.69) is 0 Å². The predicted molar refractivity (Wildman–Crippen MR) is 72.4 cm³/mol. The molecule has 0 spiro atoms.